The van der Waals surface area contributed by atoms with Crippen LogP contribution in [0.15, 0.2) is 0 Å². The Morgan fingerprint density at radius 3 is 2.12 bits per heavy atom. The van der Waals surface area contributed by atoms with Gasteiger partial charge in [0.15, 0.2) is 0 Å². The van der Waals surface area contributed by atoms with Gasteiger partial charge >= 0.3 is 0 Å². The molecule has 4 nitrogen and oxygen atoms in total. The van der Waals surface area contributed by atoms with Crippen LogP contribution in [-0.4, -0.2) is 29.4 Å². The molecule has 0 aromatic heterocycles. The lowest BCUT2D eigenvalue weighted by Gasteiger charge is -2.32. The lowest BCUT2D eigenvalue weighted by Crippen LogP contribution is -2.43. The average Bonchev–Trinajstić information content (AvgIpc) is 2.51. The van der Waals surface area contributed by atoms with E-state index in [2.05, 4.69) is 26.1 Å². The molecule has 1 rings (SSSR count). The Kier molecular flexibility index (Phi) is 8.59. The molecule has 4 heteroatoms. The Morgan fingerprint density at radius 2 is 1.52 bits per heavy atom. The first-order valence-corrected chi connectivity index (χ1v) is 10.0. The van der Waals surface area contributed by atoms with Crippen LogP contribution in [-0.2, 0) is 9.59 Å². The predicted molar refractivity (Wildman–Crippen MR) is 102 cm³/mol. The van der Waals surface area contributed by atoms with E-state index in [9.17, 15) is 14.7 Å². The molecule has 0 spiro atoms. The third kappa shape index (κ3) is 7.08. The highest BCUT2D eigenvalue weighted by Crippen LogP contribution is 2.31. The van der Waals surface area contributed by atoms with Gasteiger partial charge < -0.3 is 10.4 Å². The van der Waals surface area contributed by atoms with Gasteiger partial charge in [0, 0.05) is 12.5 Å². The van der Waals surface area contributed by atoms with Crippen LogP contribution in [0, 0.1) is 29.1 Å². The molecule has 1 fully saturated rings. The molecule has 5 atom stereocenters. The number of hydrogen-bond donors (Lipinski definition) is 2. The predicted octanol–water partition coefficient (Wildman–Crippen LogP) is 3.96. The summed E-state index contributed by atoms with van der Waals surface area (Å²) in [6.07, 6.45) is 4.55. The van der Waals surface area contributed by atoms with Crippen LogP contribution in [0.2, 0.25) is 0 Å². The van der Waals surface area contributed by atoms with E-state index in [0.717, 1.165) is 19.3 Å². The largest absolute Gasteiger partial charge is 0.392 e. The first-order valence-electron chi connectivity index (χ1n) is 10.0. The monoisotopic (exact) mass is 353 g/mol. The van der Waals surface area contributed by atoms with Crippen molar-refractivity contribution < 1.29 is 14.7 Å². The Balaban J connectivity index is 2.86. The van der Waals surface area contributed by atoms with Crippen LogP contribution < -0.4 is 5.32 Å². The summed E-state index contributed by atoms with van der Waals surface area (Å²) in [6, 6.07) is 0. The van der Waals surface area contributed by atoms with Crippen LogP contribution in [0.5, 0.6) is 0 Å². The van der Waals surface area contributed by atoms with Crippen LogP contribution in [0.3, 0.4) is 0 Å². The van der Waals surface area contributed by atoms with Crippen LogP contribution in [0.25, 0.3) is 0 Å². The maximum atomic E-state index is 12.8. The van der Waals surface area contributed by atoms with E-state index in [4.69, 9.17) is 0 Å². The molecule has 0 aliphatic carbocycles. The van der Waals surface area contributed by atoms with Crippen LogP contribution in [0.1, 0.15) is 80.1 Å². The Hall–Kier alpha value is -0.900. The van der Waals surface area contributed by atoms with Gasteiger partial charge in [-0.2, -0.15) is 0 Å². The van der Waals surface area contributed by atoms with E-state index in [1.165, 1.54) is 12.8 Å². The Bertz CT molecular complexity index is 446. The first kappa shape index (κ1) is 22.1. The van der Waals surface area contributed by atoms with Crippen molar-refractivity contribution in [2.45, 2.75) is 86.2 Å². The fourth-order valence-corrected chi connectivity index (χ4v) is 4.12. The zero-order valence-corrected chi connectivity index (χ0v) is 17.1. The van der Waals surface area contributed by atoms with Crippen molar-refractivity contribution in [1.29, 1.82) is 0 Å². The number of carbonyl (C=O) groups excluding carboxylic acids is 2. The molecule has 146 valence electrons. The maximum absolute atomic E-state index is 12.8. The minimum Gasteiger partial charge on any atom is -0.392 e. The zero-order valence-electron chi connectivity index (χ0n) is 17.1. The smallest absolute Gasteiger partial charge is 0.222 e. The van der Waals surface area contributed by atoms with E-state index < -0.39 is 11.5 Å². The SMILES string of the molecule is CC1CCCC(C)C[C@H](C)CNC(=O)CC(O)C(C)(C)C(=O)C(C)C1. The van der Waals surface area contributed by atoms with Crippen molar-refractivity contribution in [3.8, 4) is 0 Å². The van der Waals surface area contributed by atoms with Gasteiger partial charge in [-0.25, -0.2) is 0 Å². The number of ketones is 1. The number of Topliss-reactive ketones (excluding diaryl/α,β-unsaturated/α-hetero) is 1. The van der Waals surface area contributed by atoms with Crippen molar-refractivity contribution in [3.05, 3.63) is 0 Å². The number of aliphatic hydroxyl groups is 1. The molecule has 0 aromatic rings. The van der Waals surface area contributed by atoms with Crippen LogP contribution in [0.4, 0.5) is 0 Å². The molecule has 25 heavy (non-hydrogen) atoms. The van der Waals surface area contributed by atoms with Crippen molar-refractivity contribution in [1.82, 2.24) is 5.32 Å². The van der Waals surface area contributed by atoms with Gasteiger partial charge in [0.25, 0.3) is 0 Å². The van der Waals surface area contributed by atoms with E-state index in [-0.39, 0.29) is 24.0 Å². The number of aliphatic hydroxyl groups excluding tert-OH is 1. The highest BCUT2D eigenvalue weighted by molar-refractivity contribution is 5.87. The molecule has 4 unspecified atom stereocenters. The second-order valence-electron chi connectivity index (χ2n) is 9.23. The molecule has 2 N–H and O–H groups in total. The van der Waals surface area contributed by atoms with Crippen molar-refractivity contribution in [2.75, 3.05) is 6.54 Å². The number of nitrogens with one attached hydrogen (secondary N) is 1. The Morgan fingerprint density at radius 1 is 0.960 bits per heavy atom. The molecule has 0 saturated carbocycles. The topological polar surface area (TPSA) is 66.4 Å². The second kappa shape index (κ2) is 9.70. The molecule has 1 amide bonds. The summed E-state index contributed by atoms with van der Waals surface area (Å²) in [5.74, 6) is 1.39. The van der Waals surface area contributed by atoms with Crippen molar-refractivity contribution >= 4 is 11.7 Å². The molecule has 0 aromatic carbocycles. The molecule has 0 radical (unpaired) electrons. The maximum Gasteiger partial charge on any atom is 0.222 e. The van der Waals surface area contributed by atoms with E-state index in [1.54, 1.807) is 13.8 Å². The zero-order chi connectivity index (χ0) is 19.2. The minimum absolute atomic E-state index is 0.0106. The third-order valence-electron chi connectivity index (χ3n) is 5.90. The molecule has 0 bridgehead atoms. The summed E-state index contributed by atoms with van der Waals surface area (Å²) in [6.45, 7) is 12.8. The van der Waals surface area contributed by atoms with Gasteiger partial charge in [-0.1, -0.05) is 60.8 Å². The number of rotatable bonds is 0. The summed E-state index contributed by atoms with van der Waals surface area (Å²) in [4.78, 5) is 25.0. The highest BCUT2D eigenvalue weighted by Gasteiger charge is 2.39. The first-order chi connectivity index (χ1) is 11.5. The molecule has 1 aliphatic heterocycles. The van der Waals surface area contributed by atoms with E-state index >= 15 is 0 Å². The molecule has 1 heterocycles. The van der Waals surface area contributed by atoms with E-state index in [0.29, 0.717) is 24.3 Å². The number of hydrogen-bond acceptors (Lipinski definition) is 3. The van der Waals surface area contributed by atoms with Gasteiger partial charge in [0.1, 0.15) is 5.78 Å². The summed E-state index contributed by atoms with van der Waals surface area (Å²) in [5, 5.41) is 13.4. The van der Waals surface area contributed by atoms with Gasteiger partial charge in [-0.3, -0.25) is 9.59 Å². The minimum atomic E-state index is -0.945. The lowest BCUT2D eigenvalue weighted by molar-refractivity contribution is -0.139. The summed E-state index contributed by atoms with van der Waals surface area (Å²) >= 11 is 0. The van der Waals surface area contributed by atoms with Gasteiger partial charge in [-0.05, 0) is 30.6 Å². The summed E-state index contributed by atoms with van der Waals surface area (Å²) < 4.78 is 0. The third-order valence-corrected chi connectivity index (χ3v) is 5.90. The second-order valence-corrected chi connectivity index (χ2v) is 9.23. The molecular weight excluding hydrogens is 314 g/mol. The van der Waals surface area contributed by atoms with Crippen molar-refractivity contribution in [3.63, 3.8) is 0 Å². The van der Waals surface area contributed by atoms with Crippen LogP contribution >= 0.6 is 0 Å². The van der Waals surface area contributed by atoms with Gasteiger partial charge in [0.05, 0.1) is 17.9 Å². The molecular formula is C21H39NO3. The number of amides is 1. The van der Waals surface area contributed by atoms with E-state index in [1.807, 2.05) is 6.92 Å². The van der Waals surface area contributed by atoms with Crippen molar-refractivity contribution in [2.24, 2.45) is 29.1 Å². The van der Waals surface area contributed by atoms with Gasteiger partial charge in [-0.15, -0.1) is 0 Å². The standard InChI is InChI=1S/C21H39NO3/c1-14-8-7-9-15(2)11-17(4)20(25)21(5,6)18(23)12-19(24)22-13-16(3)10-14/h14-18,23H,7-13H2,1-6H3,(H,22,24)/t14?,15?,16-,17?,18?/m0/s1. The number of carbonyl (C=O) groups is 2. The molecule has 1 saturated heterocycles. The molecule has 1 aliphatic rings. The fourth-order valence-electron chi connectivity index (χ4n) is 4.12. The fraction of sp³-hybridized carbons (Fsp3) is 0.905. The summed E-state index contributed by atoms with van der Waals surface area (Å²) in [5.41, 5.74) is -0.895. The normalized spacial score (nSPS) is 36.7. The quantitative estimate of drug-likeness (QED) is 0.693. The average molecular weight is 354 g/mol. The summed E-state index contributed by atoms with van der Waals surface area (Å²) in [7, 11) is 0. The highest BCUT2D eigenvalue weighted by atomic mass is 16.3. The lowest BCUT2D eigenvalue weighted by atomic mass is 9.74. The van der Waals surface area contributed by atoms with Gasteiger partial charge in [0.2, 0.25) is 5.91 Å². The Labute approximate surface area is 154 Å².